The number of aromatic nitrogens is 5. The second kappa shape index (κ2) is 8.97. The molecule has 1 aliphatic heterocycles. The van der Waals surface area contributed by atoms with E-state index in [9.17, 15) is 44.6 Å². The van der Waals surface area contributed by atoms with Crippen molar-refractivity contribution in [3.63, 3.8) is 0 Å². The lowest BCUT2D eigenvalue weighted by atomic mass is 10.0. The van der Waals surface area contributed by atoms with E-state index in [-0.39, 0.29) is 0 Å². The Balaban J connectivity index is 1.86. The molecule has 0 spiro atoms. The number of anilines is 3. The highest BCUT2D eigenvalue weighted by molar-refractivity contribution is 5.59. The Morgan fingerprint density at radius 1 is 0.946 bits per heavy atom. The third kappa shape index (κ3) is 5.65. The molecule has 1 saturated heterocycles. The van der Waals surface area contributed by atoms with Crippen molar-refractivity contribution in [1.82, 2.24) is 24.9 Å². The Bertz CT molecular complexity index is 1450. The largest absolute Gasteiger partial charge is 0.433 e. The van der Waals surface area contributed by atoms with E-state index in [1.807, 2.05) is 0 Å². The highest BCUT2D eigenvalue weighted by Crippen LogP contribution is 2.39. The van der Waals surface area contributed by atoms with E-state index in [1.54, 1.807) is 0 Å². The minimum Gasteiger partial charge on any atom is -0.379 e. The van der Waals surface area contributed by atoms with Crippen LogP contribution in [0.5, 0.6) is 0 Å². The molecule has 37 heavy (non-hydrogen) atoms. The summed E-state index contributed by atoms with van der Waals surface area (Å²) in [6.45, 7) is -1.60. The summed E-state index contributed by atoms with van der Waals surface area (Å²) in [6, 6.07) is 0.136. The van der Waals surface area contributed by atoms with E-state index in [0.29, 0.717) is 6.07 Å². The van der Waals surface area contributed by atoms with Crippen LogP contribution in [0.2, 0.25) is 0 Å². The van der Waals surface area contributed by atoms with Gasteiger partial charge in [0.25, 0.3) is 0 Å². The van der Waals surface area contributed by atoms with Crippen LogP contribution in [-0.4, -0.2) is 54.9 Å². The van der Waals surface area contributed by atoms with Crippen molar-refractivity contribution in [2.24, 2.45) is 0 Å². The Hall–Kier alpha value is -3.76. The molecule has 3 aromatic rings. The van der Waals surface area contributed by atoms with E-state index in [2.05, 4.69) is 30.2 Å². The lowest BCUT2D eigenvalue weighted by molar-refractivity contribution is -0.250. The van der Waals surface area contributed by atoms with Crippen LogP contribution in [0.25, 0.3) is 11.5 Å². The number of pyridine rings is 2. The first-order valence-electron chi connectivity index (χ1n) is 11.5. The molecular formula is C20H14F9N7O. The number of β-amino-alcohol motifs (C(OH)–C–C–N with tert-alkyl or cyclic N) is 1. The number of aliphatic hydroxyl groups is 1. The molecule has 0 bridgehead atoms. The maximum Gasteiger partial charge on any atom is 0.433 e. The van der Waals surface area contributed by atoms with Gasteiger partial charge < -0.3 is 15.3 Å². The van der Waals surface area contributed by atoms with Crippen molar-refractivity contribution in [3.8, 4) is 11.5 Å². The lowest BCUT2D eigenvalue weighted by Crippen LogP contribution is -2.47. The Labute approximate surface area is 205 Å². The number of hydrogen-bond donors (Lipinski definition) is 2. The highest BCUT2D eigenvalue weighted by Gasteiger charge is 2.57. The number of halogens is 9. The quantitative estimate of drug-likeness (QED) is 0.462. The summed E-state index contributed by atoms with van der Waals surface area (Å²) in [7, 11) is 0. The van der Waals surface area contributed by atoms with Gasteiger partial charge in [0.1, 0.15) is 17.1 Å². The number of alkyl halides is 9. The van der Waals surface area contributed by atoms with Crippen LogP contribution in [0, 0.1) is 0 Å². The first kappa shape index (κ1) is 22.4. The summed E-state index contributed by atoms with van der Waals surface area (Å²) in [5, 5.41) is 12.1. The second-order valence-electron chi connectivity index (χ2n) is 7.71. The summed E-state index contributed by atoms with van der Waals surface area (Å²) in [4.78, 5) is 18.5. The predicted molar refractivity (Wildman–Crippen MR) is 108 cm³/mol. The van der Waals surface area contributed by atoms with Gasteiger partial charge in [0, 0.05) is 24.8 Å². The van der Waals surface area contributed by atoms with Gasteiger partial charge in [-0.15, -0.1) is 0 Å². The summed E-state index contributed by atoms with van der Waals surface area (Å²) in [6.07, 6.45) is -17.2. The summed E-state index contributed by atoms with van der Waals surface area (Å²) in [5.74, 6) is -2.11. The van der Waals surface area contributed by atoms with Crippen LogP contribution in [0.1, 0.15) is 21.9 Å². The second-order valence-corrected chi connectivity index (χ2v) is 7.71. The molecule has 1 aliphatic rings. The van der Waals surface area contributed by atoms with E-state index in [1.165, 1.54) is 0 Å². The van der Waals surface area contributed by atoms with Crippen LogP contribution in [0.3, 0.4) is 0 Å². The van der Waals surface area contributed by atoms with Gasteiger partial charge in [-0.25, -0.2) is 4.98 Å². The van der Waals surface area contributed by atoms with Gasteiger partial charge in [-0.2, -0.15) is 54.5 Å². The molecule has 4 rings (SSSR count). The minimum atomic E-state index is -5.22. The third-order valence-corrected chi connectivity index (χ3v) is 5.05. The van der Waals surface area contributed by atoms with E-state index in [4.69, 9.17) is 4.11 Å². The SMILES string of the molecule is [2H]c1nc(C(F)(F)F)c([2H])c(Nc2nc(-c3cccc(C(F)(F)F)n3)nc(N3CCC(O)(C(F)(F)F)C3)n2)c1[2H]. The van der Waals surface area contributed by atoms with Gasteiger partial charge in [0.2, 0.25) is 11.9 Å². The van der Waals surface area contributed by atoms with Crippen molar-refractivity contribution in [3.05, 3.63) is 47.8 Å². The maximum atomic E-state index is 13.3. The first-order valence-corrected chi connectivity index (χ1v) is 9.97. The zero-order valence-corrected chi connectivity index (χ0v) is 17.9. The molecule has 198 valence electrons. The molecule has 0 aromatic carbocycles. The zero-order valence-electron chi connectivity index (χ0n) is 20.9. The average molecular weight is 542 g/mol. The normalized spacial score (nSPS) is 19.9. The molecule has 17 heteroatoms. The number of rotatable bonds is 4. The molecule has 3 aromatic heterocycles. The van der Waals surface area contributed by atoms with Gasteiger partial charge in [-0.3, -0.25) is 4.98 Å². The molecule has 1 atom stereocenters. The van der Waals surface area contributed by atoms with Crippen molar-refractivity contribution in [1.29, 1.82) is 0 Å². The van der Waals surface area contributed by atoms with Gasteiger partial charge >= 0.3 is 18.5 Å². The molecule has 1 unspecified atom stereocenters. The highest BCUT2D eigenvalue weighted by atomic mass is 19.4. The molecular weight excluding hydrogens is 525 g/mol. The molecule has 0 saturated carbocycles. The van der Waals surface area contributed by atoms with E-state index < -0.39 is 102 Å². The molecule has 0 amide bonds. The predicted octanol–water partition coefficient (Wildman–Crippen LogP) is 4.61. The van der Waals surface area contributed by atoms with Crippen molar-refractivity contribution in [2.75, 3.05) is 23.3 Å². The molecule has 4 heterocycles. The Morgan fingerprint density at radius 3 is 2.27 bits per heavy atom. The van der Waals surface area contributed by atoms with Crippen LogP contribution in [0.4, 0.5) is 57.1 Å². The van der Waals surface area contributed by atoms with E-state index in [0.717, 1.165) is 17.0 Å². The number of nitrogens with zero attached hydrogens (tertiary/aromatic N) is 6. The minimum absolute atomic E-state index is 0.493. The van der Waals surface area contributed by atoms with Gasteiger partial charge in [-0.1, -0.05) is 6.07 Å². The molecule has 0 radical (unpaired) electrons. The fraction of sp³-hybridized carbons (Fsp3) is 0.350. The zero-order chi connectivity index (χ0) is 29.8. The monoisotopic (exact) mass is 542 g/mol. The van der Waals surface area contributed by atoms with Crippen molar-refractivity contribution in [2.45, 2.75) is 30.6 Å². The lowest BCUT2D eigenvalue weighted by Gasteiger charge is -2.26. The van der Waals surface area contributed by atoms with Crippen LogP contribution in [-0.2, 0) is 12.4 Å². The topological polar surface area (TPSA) is 100.0 Å². The summed E-state index contributed by atoms with van der Waals surface area (Å²) < 4.78 is 143. The summed E-state index contributed by atoms with van der Waals surface area (Å²) in [5.41, 5.74) is -7.97. The van der Waals surface area contributed by atoms with Crippen LogP contribution < -0.4 is 10.2 Å². The molecule has 0 aliphatic carbocycles. The van der Waals surface area contributed by atoms with Gasteiger partial charge in [0.15, 0.2) is 11.4 Å². The van der Waals surface area contributed by atoms with E-state index >= 15 is 0 Å². The standard InChI is InChI=1S/C20H14F9N7O/c21-18(22,23)12-3-1-2-11(32-12)14-33-15(31-10-4-6-30-13(8-10)19(24,25)26)35-16(34-14)36-7-5-17(37,9-36)20(27,28)29/h1-4,6,8,37H,5,7,9H2,(H,30,31,33,34,35)/i4D,6D,8D. The fourth-order valence-electron chi connectivity index (χ4n) is 3.22. The molecule has 2 N–H and O–H groups in total. The Morgan fingerprint density at radius 2 is 1.65 bits per heavy atom. The number of hydrogen-bond acceptors (Lipinski definition) is 8. The Kier molecular flexibility index (Phi) is 5.44. The van der Waals surface area contributed by atoms with Crippen molar-refractivity contribution >= 4 is 17.6 Å². The van der Waals surface area contributed by atoms with Crippen LogP contribution >= 0.6 is 0 Å². The summed E-state index contributed by atoms with van der Waals surface area (Å²) >= 11 is 0. The van der Waals surface area contributed by atoms with Crippen molar-refractivity contribution < 1.29 is 48.7 Å². The molecule has 8 nitrogen and oxygen atoms in total. The molecule has 1 fully saturated rings. The fourth-order valence-corrected chi connectivity index (χ4v) is 3.22. The third-order valence-electron chi connectivity index (χ3n) is 5.05. The average Bonchev–Trinajstić information content (AvgIpc) is 3.26. The van der Waals surface area contributed by atoms with Crippen LogP contribution in [0.15, 0.2) is 36.5 Å². The first-order chi connectivity index (χ1) is 18.3. The van der Waals surface area contributed by atoms with Gasteiger partial charge in [-0.05, 0) is 24.2 Å². The number of nitrogens with one attached hydrogen (secondary N) is 1. The smallest absolute Gasteiger partial charge is 0.379 e. The maximum absolute atomic E-state index is 13.3. The van der Waals surface area contributed by atoms with Gasteiger partial charge in [0.05, 0.1) is 10.7 Å².